The maximum absolute atomic E-state index is 5.90. The van der Waals surface area contributed by atoms with Crippen LogP contribution in [0.1, 0.15) is 5.56 Å². The van der Waals surface area contributed by atoms with E-state index in [1.807, 2.05) is 12.1 Å². The van der Waals surface area contributed by atoms with Gasteiger partial charge in [-0.1, -0.05) is 17.7 Å². The second-order valence-electron chi connectivity index (χ2n) is 2.58. The van der Waals surface area contributed by atoms with Crippen molar-refractivity contribution in [1.29, 1.82) is 0 Å². The van der Waals surface area contributed by atoms with Gasteiger partial charge in [0.05, 0.1) is 5.69 Å². The maximum atomic E-state index is 5.90. The molecule has 0 bridgehead atoms. The third-order valence-electron chi connectivity index (χ3n) is 1.82. The van der Waals surface area contributed by atoms with Crippen molar-refractivity contribution >= 4 is 51.7 Å². The van der Waals surface area contributed by atoms with Gasteiger partial charge in [-0.05, 0) is 20.0 Å². The predicted molar refractivity (Wildman–Crippen MR) is 66.6 cm³/mol. The molecule has 0 saturated heterocycles. The molecule has 12 heavy (non-hydrogen) atoms. The highest BCUT2D eigenvalue weighted by Crippen LogP contribution is 2.41. The minimum atomic E-state index is 0.197. The molecule has 0 spiro atoms. The SMILES string of the molecule is CN1c2cc(Cl)ccc2C=S1I. The third kappa shape index (κ3) is 1.38. The number of nitrogens with zero attached hydrogens (tertiary/aromatic N) is 1. The van der Waals surface area contributed by atoms with Gasteiger partial charge in [-0.15, -0.1) is 0 Å². The van der Waals surface area contributed by atoms with Crippen LogP contribution in [0.5, 0.6) is 0 Å². The van der Waals surface area contributed by atoms with Crippen molar-refractivity contribution < 1.29 is 0 Å². The molecule has 1 aliphatic heterocycles. The molecule has 1 atom stereocenters. The summed E-state index contributed by atoms with van der Waals surface area (Å²) in [5, 5.41) is 3.07. The lowest BCUT2D eigenvalue weighted by molar-refractivity contribution is 1.37. The Morgan fingerprint density at radius 2 is 2.25 bits per heavy atom. The molecule has 1 aromatic rings. The van der Waals surface area contributed by atoms with Crippen LogP contribution in [0.3, 0.4) is 0 Å². The van der Waals surface area contributed by atoms with Crippen molar-refractivity contribution in [3.63, 3.8) is 0 Å². The van der Waals surface area contributed by atoms with E-state index >= 15 is 0 Å². The predicted octanol–water partition coefficient (Wildman–Crippen LogP) is 3.47. The van der Waals surface area contributed by atoms with Crippen molar-refractivity contribution in [1.82, 2.24) is 0 Å². The van der Waals surface area contributed by atoms with Crippen LogP contribution in [-0.2, 0) is 0 Å². The summed E-state index contributed by atoms with van der Waals surface area (Å²) in [6.45, 7) is 0. The van der Waals surface area contributed by atoms with Crippen LogP contribution in [0.15, 0.2) is 18.2 Å². The molecule has 0 amide bonds. The van der Waals surface area contributed by atoms with Crippen LogP contribution in [-0.4, -0.2) is 12.4 Å². The van der Waals surface area contributed by atoms with Crippen molar-refractivity contribution in [2.75, 3.05) is 11.4 Å². The lowest BCUT2D eigenvalue weighted by Crippen LogP contribution is -2.02. The largest absolute Gasteiger partial charge is 0.316 e. The molecule has 0 radical (unpaired) electrons. The molecule has 1 aromatic carbocycles. The topological polar surface area (TPSA) is 3.24 Å². The van der Waals surface area contributed by atoms with Crippen LogP contribution in [0.25, 0.3) is 0 Å². The number of halogens is 2. The van der Waals surface area contributed by atoms with E-state index in [-0.39, 0.29) is 7.84 Å². The molecular weight excluding hydrogens is 305 g/mol. The molecule has 1 aliphatic rings. The number of rotatable bonds is 0. The zero-order valence-electron chi connectivity index (χ0n) is 6.42. The fourth-order valence-corrected chi connectivity index (χ4v) is 3.70. The fourth-order valence-electron chi connectivity index (χ4n) is 1.17. The number of hydrogen-bond acceptors (Lipinski definition) is 1. The Morgan fingerprint density at radius 1 is 1.50 bits per heavy atom. The first kappa shape index (κ1) is 8.84. The van der Waals surface area contributed by atoms with E-state index in [0.717, 1.165) is 5.02 Å². The van der Waals surface area contributed by atoms with Gasteiger partial charge in [-0.25, -0.2) is 0 Å². The van der Waals surface area contributed by atoms with Crippen molar-refractivity contribution in [3.05, 3.63) is 28.8 Å². The molecular formula is C8H7ClINS. The quantitative estimate of drug-likeness (QED) is 0.524. The normalized spacial score (nSPS) is 20.6. The zero-order valence-corrected chi connectivity index (χ0v) is 10.2. The average Bonchev–Trinajstić information content (AvgIpc) is 2.31. The second kappa shape index (κ2) is 3.20. The molecule has 64 valence electrons. The Morgan fingerprint density at radius 3 is 3.00 bits per heavy atom. The van der Waals surface area contributed by atoms with Crippen molar-refractivity contribution in [2.45, 2.75) is 0 Å². The van der Waals surface area contributed by atoms with Crippen LogP contribution < -0.4 is 4.31 Å². The van der Waals surface area contributed by atoms with Gasteiger partial charge >= 0.3 is 0 Å². The first-order valence-corrected chi connectivity index (χ1v) is 7.62. The highest BCUT2D eigenvalue weighted by atomic mass is 127. The third-order valence-corrected chi connectivity index (χ3v) is 5.76. The van der Waals surface area contributed by atoms with Crippen LogP contribution in [0, 0.1) is 0 Å². The van der Waals surface area contributed by atoms with Gasteiger partial charge in [0.2, 0.25) is 0 Å². The summed E-state index contributed by atoms with van der Waals surface area (Å²) in [6.07, 6.45) is 0. The van der Waals surface area contributed by atoms with Gasteiger partial charge in [-0.3, -0.25) is 0 Å². The van der Waals surface area contributed by atoms with Crippen molar-refractivity contribution in [3.8, 4) is 0 Å². The van der Waals surface area contributed by atoms with E-state index in [2.05, 4.69) is 44.0 Å². The lowest BCUT2D eigenvalue weighted by Gasteiger charge is -2.13. The van der Waals surface area contributed by atoms with Crippen LogP contribution in [0.4, 0.5) is 5.69 Å². The minimum Gasteiger partial charge on any atom is -0.316 e. The summed E-state index contributed by atoms with van der Waals surface area (Å²) in [5.74, 6) is 0. The minimum absolute atomic E-state index is 0.197. The Bertz CT molecular complexity index is 364. The highest BCUT2D eigenvalue weighted by molar-refractivity contribution is 14.2. The van der Waals surface area contributed by atoms with Gasteiger partial charge in [0.15, 0.2) is 0 Å². The smallest absolute Gasteiger partial charge is 0.0561 e. The lowest BCUT2D eigenvalue weighted by atomic mass is 10.2. The Hall–Kier alpha value is 0.260. The van der Waals surface area contributed by atoms with E-state index in [0.29, 0.717) is 0 Å². The number of anilines is 1. The summed E-state index contributed by atoms with van der Waals surface area (Å²) in [4.78, 5) is 0. The number of hydrogen-bond donors (Lipinski definition) is 0. The van der Waals surface area contributed by atoms with Gasteiger partial charge in [0, 0.05) is 44.2 Å². The van der Waals surface area contributed by atoms with Gasteiger partial charge in [0.25, 0.3) is 0 Å². The first-order chi connectivity index (χ1) is 5.68. The fraction of sp³-hybridized carbons (Fsp3) is 0.125. The second-order valence-corrected chi connectivity index (χ2v) is 7.04. The number of benzene rings is 1. The molecule has 0 saturated carbocycles. The molecule has 1 heterocycles. The summed E-state index contributed by atoms with van der Waals surface area (Å²) >= 11 is 8.32. The Balaban J connectivity index is 2.57. The van der Waals surface area contributed by atoms with Crippen molar-refractivity contribution in [2.24, 2.45) is 0 Å². The van der Waals surface area contributed by atoms with Gasteiger partial charge in [-0.2, -0.15) is 0 Å². The Labute approximate surface area is 91.4 Å². The first-order valence-electron chi connectivity index (χ1n) is 3.46. The van der Waals surface area contributed by atoms with E-state index in [1.54, 1.807) is 0 Å². The maximum Gasteiger partial charge on any atom is 0.0561 e. The van der Waals surface area contributed by atoms with Gasteiger partial charge in [0.1, 0.15) is 0 Å². The molecule has 0 N–H and O–H groups in total. The standard InChI is InChI=1S/C8H7ClINS/c1-11-8-4-7(9)3-2-6(8)5-12(11)10/h2-5H,1H3. The highest BCUT2D eigenvalue weighted by Gasteiger charge is 2.14. The zero-order chi connectivity index (χ0) is 8.72. The molecule has 1 nitrogen and oxygen atoms in total. The molecule has 4 heteroatoms. The molecule has 0 aliphatic carbocycles. The van der Waals surface area contributed by atoms with Crippen LogP contribution in [0.2, 0.25) is 5.02 Å². The monoisotopic (exact) mass is 311 g/mol. The molecule has 0 fully saturated rings. The summed E-state index contributed by atoms with van der Waals surface area (Å²) in [6, 6.07) is 6.02. The molecule has 0 aromatic heterocycles. The summed E-state index contributed by atoms with van der Waals surface area (Å²) in [5.41, 5.74) is 2.53. The van der Waals surface area contributed by atoms with E-state index in [9.17, 15) is 0 Å². The van der Waals surface area contributed by atoms with E-state index in [4.69, 9.17) is 11.6 Å². The Kier molecular flexibility index (Phi) is 2.35. The molecule has 2 rings (SSSR count). The average molecular weight is 312 g/mol. The van der Waals surface area contributed by atoms with Crippen LogP contribution >= 0.6 is 40.6 Å². The summed E-state index contributed by atoms with van der Waals surface area (Å²) in [7, 11) is 2.29. The number of fused-ring (bicyclic) bond motifs is 1. The summed E-state index contributed by atoms with van der Waals surface area (Å²) < 4.78 is 2.24. The van der Waals surface area contributed by atoms with E-state index < -0.39 is 0 Å². The van der Waals surface area contributed by atoms with E-state index in [1.165, 1.54) is 11.3 Å². The van der Waals surface area contributed by atoms with Gasteiger partial charge < -0.3 is 4.31 Å². The molecule has 1 unspecified atom stereocenters.